The number of halogens is 1. The normalized spacial score (nSPS) is 19.8. The number of carbonyl (C=O) groups excluding carboxylic acids is 1. The van der Waals surface area contributed by atoms with Crippen molar-refractivity contribution >= 4 is 46.2 Å². The molecule has 11 heteroatoms. The summed E-state index contributed by atoms with van der Waals surface area (Å²) in [6.07, 6.45) is 8.23. The molecule has 198 valence electrons. The lowest BCUT2D eigenvalue weighted by Crippen LogP contribution is -2.61. The van der Waals surface area contributed by atoms with Gasteiger partial charge in [-0.2, -0.15) is 5.10 Å². The summed E-state index contributed by atoms with van der Waals surface area (Å²) >= 11 is 8.14. The highest BCUT2D eigenvalue weighted by atomic mass is 35.5. The Hall–Kier alpha value is -2.56. The molecule has 0 bridgehead atoms. The highest BCUT2D eigenvalue weighted by molar-refractivity contribution is 7.99. The van der Waals surface area contributed by atoms with Crippen LogP contribution in [-0.2, 0) is 11.8 Å². The molecule has 1 unspecified atom stereocenters. The van der Waals surface area contributed by atoms with Crippen LogP contribution in [0.3, 0.4) is 0 Å². The minimum absolute atomic E-state index is 0.0463. The predicted molar refractivity (Wildman–Crippen MR) is 146 cm³/mol. The third-order valence-corrected chi connectivity index (χ3v) is 8.69. The first-order valence-electron chi connectivity index (χ1n) is 12.7. The first-order chi connectivity index (χ1) is 17.6. The second-order valence-electron chi connectivity index (χ2n) is 10.9. The van der Waals surface area contributed by atoms with Gasteiger partial charge in [-0.05, 0) is 64.1 Å². The van der Waals surface area contributed by atoms with E-state index in [1.807, 2.05) is 58.5 Å². The van der Waals surface area contributed by atoms with E-state index in [-0.39, 0.29) is 17.6 Å². The van der Waals surface area contributed by atoms with Crippen LogP contribution in [0.2, 0.25) is 5.02 Å². The molecule has 2 saturated heterocycles. The molecule has 1 aromatic carbocycles. The van der Waals surface area contributed by atoms with Gasteiger partial charge in [0, 0.05) is 43.2 Å². The van der Waals surface area contributed by atoms with Crippen LogP contribution in [-0.4, -0.2) is 63.7 Å². The Morgan fingerprint density at radius 3 is 2.70 bits per heavy atom. The molecule has 0 saturated carbocycles. The fourth-order valence-corrected chi connectivity index (χ4v) is 6.38. The molecule has 0 aliphatic carbocycles. The maximum absolute atomic E-state index is 12.5. The van der Waals surface area contributed by atoms with Gasteiger partial charge in [-0.15, -0.1) is 0 Å². The topological polar surface area (TPSA) is 97.2 Å². The number of aromatic nitrogens is 4. The number of fused-ring (bicyclic) bond motifs is 1. The maximum atomic E-state index is 12.5. The number of ether oxygens (including phenoxy) is 1. The summed E-state index contributed by atoms with van der Waals surface area (Å²) in [6.45, 7) is 9.13. The number of anilines is 1. The van der Waals surface area contributed by atoms with Crippen LogP contribution in [0, 0.1) is 5.41 Å². The van der Waals surface area contributed by atoms with E-state index in [1.54, 1.807) is 4.68 Å². The summed E-state index contributed by atoms with van der Waals surface area (Å²) in [7, 11) is 1.89. The molecule has 2 aliphatic heterocycles. The van der Waals surface area contributed by atoms with E-state index in [0.29, 0.717) is 5.02 Å². The highest BCUT2D eigenvalue weighted by Gasteiger charge is 2.44. The first kappa shape index (κ1) is 26.1. The van der Waals surface area contributed by atoms with E-state index >= 15 is 0 Å². The van der Waals surface area contributed by atoms with Crippen molar-refractivity contribution in [1.29, 1.82) is 0 Å². The minimum Gasteiger partial charge on any atom is -0.444 e. The lowest BCUT2D eigenvalue weighted by atomic mass is 9.68. The molecule has 4 heterocycles. The average molecular weight is 544 g/mol. The molecule has 3 aromatic rings. The molecular formula is C26H34ClN7O2S. The second kappa shape index (κ2) is 10.3. The molecule has 37 heavy (non-hydrogen) atoms. The van der Waals surface area contributed by atoms with Crippen LogP contribution >= 0.6 is 23.4 Å². The molecule has 9 nitrogen and oxygen atoms in total. The second-order valence-corrected chi connectivity index (χ2v) is 12.4. The summed E-state index contributed by atoms with van der Waals surface area (Å²) in [5.41, 5.74) is 0.421. The Kier molecular flexibility index (Phi) is 7.26. The van der Waals surface area contributed by atoms with Crippen LogP contribution < -0.4 is 15.5 Å². The molecule has 1 spiro atoms. The Balaban J connectivity index is 1.22. The van der Waals surface area contributed by atoms with Crippen molar-refractivity contribution in [3.05, 3.63) is 35.7 Å². The number of rotatable bonds is 4. The van der Waals surface area contributed by atoms with E-state index in [4.69, 9.17) is 21.3 Å². The van der Waals surface area contributed by atoms with E-state index in [2.05, 4.69) is 25.6 Å². The summed E-state index contributed by atoms with van der Waals surface area (Å²) in [5.74, 6) is 0.874. The van der Waals surface area contributed by atoms with E-state index < -0.39 is 5.60 Å². The number of nitrogens with zero attached hydrogens (tertiary/aromatic N) is 5. The summed E-state index contributed by atoms with van der Waals surface area (Å²) in [6, 6.07) is 3.99. The van der Waals surface area contributed by atoms with Gasteiger partial charge in [-0.25, -0.2) is 14.8 Å². The van der Waals surface area contributed by atoms with Crippen molar-refractivity contribution in [1.82, 2.24) is 30.4 Å². The van der Waals surface area contributed by atoms with Crippen molar-refractivity contribution in [2.45, 2.75) is 61.6 Å². The molecule has 2 N–H and O–H groups in total. The predicted octanol–water partition coefficient (Wildman–Crippen LogP) is 4.64. The SMILES string of the molecule is Cn1cc2c(Cl)c(Sc3cnc(N4CCC5(CCNCC5NC(=O)OC(C)(C)C)CC4)cn3)ccc2n1. The lowest BCUT2D eigenvalue weighted by Gasteiger charge is -2.49. The maximum Gasteiger partial charge on any atom is 0.407 e. The van der Waals surface area contributed by atoms with E-state index in [1.165, 1.54) is 11.8 Å². The zero-order valence-electron chi connectivity index (χ0n) is 21.8. The van der Waals surface area contributed by atoms with Gasteiger partial charge in [0.05, 0.1) is 29.0 Å². The number of carbonyl (C=O) groups is 1. The third-order valence-electron chi connectivity index (χ3n) is 7.19. The van der Waals surface area contributed by atoms with Gasteiger partial charge in [0.15, 0.2) is 0 Å². The molecule has 1 amide bonds. The van der Waals surface area contributed by atoms with Gasteiger partial charge in [0.2, 0.25) is 0 Å². The van der Waals surface area contributed by atoms with E-state index in [9.17, 15) is 4.79 Å². The van der Waals surface area contributed by atoms with Gasteiger partial charge < -0.3 is 20.3 Å². The van der Waals surface area contributed by atoms with Crippen LogP contribution in [0.1, 0.15) is 40.0 Å². The van der Waals surface area contributed by atoms with Crippen molar-refractivity contribution in [2.75, 3.05) is 31.1 Å². The van der Waals surface area contributed by atoms with Crippen LogP contribution in [0.25, 0.3) is 10.9 Å². The van der Waals surface area contributed by atoms with Gasteiger partial charge in [-0.1, -0.05) is 23.4 Å². The van der Waals surface area contributed by atoms with Gasteiger partial charge >= 0.3 is 6.09 Å². The standard InChI is InChI=1S/C26H34ClN7O2S/c1-25(2,3)36-24(35)31-20-13-28-10-7-26(20)8-11-34(12-9-26)21-14-30-22(15-29-21)37-19-6-5-18-17(23(19)27)16-33(4)32-18/h5-6,14-16,20,28H,7-13H2,1-4H3,(H,31,35). The van der Waals surface area contributed by atoms with Gasteiger partial charge in [0.25, 0.3) is 0 Å². The number of hydrogen-bond acceptors (Lipinski definition) is 8. The van der Waals surface area contributed by atoms with Gasteiger partial charge in [-0.3, -0.25) is 4.68 Å². The van der Waals surface area contributed by atoms with Crippen molar-refractivity contribution in [2.24, 2.45) is 12.5 Å². The number of nitrogens with one attached hydrogen (secondary N) is 2. The number of aryl methyl sites for hydroxylation is 1. The monoisotopic (exact) mass is 543 g/mol. The fourth-order valence-electron chi connectivity index (χ4n) is 5.28. The summed E-state index contributed by atoms with van der Waals surface area (Å²) < 4.78 is 7.29. The number of hydrogen-bond donors (Lipinski definition) is 2. The summed E-state index contributed by atoms with van der Waals surface area (Å²) in [4.78, 5) is 25.1. The fraction of sp³-hybridized carbons (Fsp3) is 0.538. The Morgan fingerprint density at radius 2 is 2.00 bits per heavy atom. The lowest BCUT2D eigenvalue weighted by molar-refractivity contribution is 0.0358. The molecule has 2 aromatic heterocycles. The summed E-state index contributed by atoms with van der Waals surface area (Å²) in [5, 5.41) is 13.4. The third kappa shape index (κ3) is 5.81. The van der Waals surface area contributed by atoms with Gasteiger partial charge in [0.1, 0.15) is 16.4 Å². The van der Waals surface area contributed by atoms with Crippen molar-refractivity contribution in [3.63, 3.8) is 0 Å². The van der Waals surface area contributed by atoms with Crippen LogP contribution in [0.4, 0.5) is 10.6 Å². The molecule has 2 fully saturated rings. The van der Waals surface area contributed by atoms with E-state index in [0.717, 1.165) is 72.1 Å². The molecule has 5 rings (SSSR count). The smallest absolute Gasteiger partial charge is 0.407 e. The zero-order valence-corrected chi connectivity index (χ0v) is 23.3. The number of alkyl carbamates (subject to hydrolysis) is 1. The minimum atomic E-state index is -0.511. The quantitative estimate of drug-likeness (QED) is 0.491. The van der Waals surface area contributed by atoms with Crippen molar-refractivity contribution < 1.29 is 9.53 Å². The Bertz CT molecular complexity index is 1270. The molecule has 1 atom stereocenters. The molecule has 0 radical (unpaired) electrons. The Labute approximate surface area is 226 Å². The number of benzene rings is 1. The Morgan fingerprint density at radius 1 is 1.22 bits per heavy atom. The number of piperidine rings is 2. The number of amides is 1. The highest BCUT2D eigenvalue weighted by Crippen LogP contribution is 2.41. The average Bonchev–Trinajstić information content (AvgIpc) is 3.24. The molecular weight excluding hydrogens is 510 g/mol. The molecule has 2 aliphatic rings. The van der Waals surface area contributed by atoms with Crippen LogP contribution in [0.5, 0.6) is 0 Å². The first-order valence-corrected chi connectivity index (χ1v) is 13.9. The zero-order chi connectivity index (χ0) is 26.2. The van der Waals surface area contributed by atoms with Crippen molar-refractivity contribution in [3.8, 4) is 0 Å². The largest absolute Gasteiger partial charge is 0.444 e. The van der Waals surface area contributed by atoms with Crippen LogP contribution in [0.15, 0.2) is 40.6 Å².